The van der Waals surface area contributed by atoms with Crippen LogP contribution in [0.3, 0.4) is 0 Å². The number of hydrogen-bond donors (Lipinski definition) is 0. The third kappa shape index (κ3) is 5.32. The molecule has 1 heterocycles. The van der Waals surface area contributed by atoms with Gasteiger partial charge in [-0.05, 0) is 29.7 Å². The molecule has 2 aromatic carbocycles. The summed E-state index contributed by atoms with van der Waals surface area (Å²) in [5.41, 5.74) is 2.37. The molecular weight excluding hydrogens is 379 g/mol. The lowest BCUT2D eigenvalue weighted by Gasteiger charge is -2.26. The Morgan fingerprint density at radius 3 is 2.79 bits per heavy atom. The molecule has 1 amide bonds. The van der Waals surface area contributed by atoms with Crippen molar-refractivity contribution in [3.8, 4) is 0 Å². The lowest BCUT2D eigenvalue weighted by Crippen LogP contribution is -2.37. The van der Waals surface area contributed by atoms with E-state index in [-0.39, 0.29) is 23.7 Å². The fourth-order valence-electron chi connectivity index (χ4n) is 3.21. The highest BCUT2D eigenvalue weighted by atomic mass is 35.5. The van der Waals surface area contributed by atoms with Crippen molar-refractivity contribution in [2.45, 2.75) is 39.3 Å². The minimum absolute atomic E-state index is 0.0223. The number of hydrogen-bond acceptors (Lipinski definition) is 3. The van der Waals surface area contributed by atoms with Gasteiger partial charge in [0.1, 0.15) is 5.82 Å². The minimum atomic E-state index is -0.310. The van der Waals surface area contributed by atoms with E-state index in [0.29, 0.717) is 31.0 Å². The van der Waals surface area contributed by atoms with Crippen LogP contribution in [0.4, 0.5) is 4.39 Å². The molecule has 3 rings (SSSR count). The maximum absolute atomic E-state index is 13.6. The summed E-state index contributed by atoms with van der Waals surface area (Å²) >= 11 is 6.25. The Kier molecular flexibility index (Phi) is 6.68. The van der Waals surface area contributed by atoms with Gasteiger partial charge in [0.15, 0.2) is 6.10 Å². The zero-order chi connectivity index (χ0) is 20.1. The number of nitrogens with zero attached hydrogens (tertiary/aromatic N) is 2. The summed E-state index contributed by atoms with van der Waals surface area (Å²) in [6.45, 7) is 4.73. The molecule has 148 valence electrons. The number of benzene rings is 2. The monoisotopic (exact) mass is 402 g/mol. The number of oxime groups is 1. The molecule has 4 nitrogen and oxygen atoms in total. The van der Waals surface area contributed by atoms with Gasteiger partial charge < -0.3 is 9.74 Å². The van der Waals surface area contributed by atoms with Crippen molar-refractivity contribution in [1.82, 2.24) is 4.90 Å². The average Bonchev–Trinajstić information content (AvgIpc) is 3.09. The van der Waals surface area contributed by atoms with Gasteiger partial charge >= 0.3 is 0 Å². The van der Waals surface area contributed by atoms with Crippen molar-refractivity contribution >= 4 is 23.2 Å². The van der Waals surface area contributed by atoms with Crippen LogP contribution in [0.1, 0.15) is 37.8 Å². The van der Waals surface area contributed by atoms with Crippen LogP contribution in [0.25, 0.3) is 0 Å². The average molecular weight is 403 g/mol. The Bertz CT molecular complexity index is 869. The van der Waals surface area contributed by atoms with E-state index >= 15 is 0 Å². The van der Waals surface area contributed by atoms with E-state index in [1.807, 2.05) is 44.2 Å². The van der Waals surface area contributed by atoms with Gasteiger partial charge in [0.25, 0.3) is 0 Å². The molecular formula is C22H24ClFN2O2. The third-order valence-electron chi connectivity index (χ3n) is 4.54. The van der Waals surface area contributed by atoms with Crippen LogP contribution in [0, 0.1) is 11.7 Å². The molecule has 1 aliphatic rings. The molecule has 0 aliphatic carbocycles. The molecule has 0 bridgehead atoms. The number of rotatable bonds is 7. The molecule has 0 spiro atoms. The summed E-state index contributed by atoms with van der Waals surface area (Å²) in [7, 11) is 0. The van der Waals surface area contributed by atoms with Crippen LogP contribution in [0.2, 0.25) is 5.02 Å². The highest BCUT2D eigenvalue weighted by Gasteiger charge is 2.28. The first kappa shape index (κ1) is 20.3. The second-order valence-electron chi connectivity index (χ2n) is 7.45. The predicted molar refractivity (Wildman–Crippen MR) is 109 cm³/mol. The zero-order valence-corrected chi connectivity index (χ0v) is 16.8. The standard InChI is InChI=1S/C22H24ClFN2O2/c1-15(2)10-22(27)26(13-16-6-5-7-17(24)11-16)14-18-12-21(25-28-18)19-8-3-4-9-20(19)23/h3-9,11,15,18H,10,12-14H2,1-2H3. The number of carbonyl (C=O) groups is 1. The second-order valence-corrected chi connectivity index (χ2v) is 7.86. The summed E-state index contributed by atoms with van der Waals surface area (Å²) < 4.78 is 13.6. The molecule has 0 saturated heterocycles. The smallest absolute Gasteiger partial charge is 0.223 e. The van der Waals surface area contributed by atoms with Gasteiger partial charge in [-0.25, -0.2) is 4.39 Å². The minimum Gasteiger partial charge on any atom is -0.390 e. The van der Waals surface area contributed by atoms with Crippen LogP contribution >= 0.6 is 11.6 Å². The van der Waals surface area contributed by atoms with E-state index < -0.39 is 0 Å². The largest absolute Gasteiger partial charge is 0.390 e. The van der Waals surface area contributed by atoms with Gasteiger partial charge in [-0.2, -0.15) is 0 Å². The fourth-order valence-corrected chi connectivity index (χ4v) is 3.46. The summed E-state index contributed by atoms with van der Waals surface area (Å²) in [5.74, 6) is -0.0498. The second kappa shape index (κ2) is 9.20. The molecule has 28 heavy (non-hydrogen) atoms. The molecule has 1 atom stereocenters. The van der Waals surface area contributed by atoms with Crippen molar-refractivity contribution in [2.75, 3.05) is 6.54 Å². The molecule has 0 fully saturated rings. The van der Waals surface area contributed by atoms with Gasteiger partial charge in [0, 0.05) is 30.0 Å². The Labute approximate surface area is 169 Å². The van der Waals surface area contributed by atoms with Crippen LogP contribution in [-0.2, 0) is 16.2 Å². The molecule has 0 aromatic heterocycles. The summed E-state index contributed by atoms with van der Waals surface area (Å²) in [6, 6.07) is 13.8. The van der Waals surface area contributed by atoms with E-state index in [1.54, 1.807) is 11.0 Å². The highest BCUT2D eigenvalue weighted by Crippen LogP contribution is 2.24. The first-order chi connectivity index (χ1) is 13.4. The number of amides is 1. The molecule has 0 saturated carbocycles. The van der Waals surface area contributed by atoms with Crippen molar-refractivity contribution in [3.63, 3.8) is 0 Å². The normalized spacial score (nSPS) is 16.0. The van der Waals surface area contributed by atoms with E-state index in [9.17, 15) is 9.18 Å². The maximum atomic E-state index is 13.6. The van der Waals surface area contributed by atoms with Gasteiger partial charge in [-0.3, -0.25) is 4.79 Å². The fraction of sp³-hybridized carbons (Fsp3) is 0.364. The van der Waals surface area contributed by atoms with Crippen molar-refractivity contribution in [2.24, 2.45) is 11.1 Å². The van der Waals surface area contributed by atoms with Crippen molar-refractivity contribution in [3.05, 3.63) is 70.5 Å². The Morgan fingerprint density at radius 1 is 1.29 bits per heavy atom. The van der Waals surface area contributed by atoms with E-state index in [2.05, 4.69) is 5.16 Å². The first-order valence-corrected chi connectivity index (χ1v) is 9.80. The van der Waals surface area contributed by atoms with Crippen molar-refractivity contribution < 1.29 is 14.0 Å². The summed E-state index contributed by atoms with van der Waals surface area (Å²) in [6.07, 6.45) is 0.745. The van der Waals surface area contributed by atoms with Crippen LogP contribution < -0.4 is 0 Å². The van der Waals surface area contributed by atoms with Crippen molar-refractivity contribution in [1.29, 1.82) is 0 Å². The predicted octanol–water partition coefficient (Wildman–Crippen LogP) is 5.05. The van der Waals surface area contributed by atoms with E-state index in [4.69, 9.17) is 16.4 Å². The number of halogens is 2. The Hall–Kier alpha value is -2.40. The quantitative estimate of drug-likeness (QED) is 0.650. The van der Waals surface area contributed by atoms with Crippen LogP contribution in [0.5, 0.6) is 0 Å². The van der Waals surface area contributed by atoms with Gasteiger partial charge in [0.05, 0.1) is 12.3 Å². The summed E-state index contributed by atoms with van der Waals surface area (Å²) in [4.78, 5) is 20.1. The molecule has 2 aromatic rings. The highest BCUT2D eigenvalue weighted by molar-refractivity contribution is 6.34. The first-order valence-electron chi connectivity index (χ1n) is 9.42. The van der Waals surface area contributed by atoms with E-state index in [0.717, 1.165) is 16.8 Å². The molecule has 0 radical (unpaired) electrons. The zero-order valence-electron chi connectivity index (χ0n) is 16.1. The molecule has 1 unspecified atom stereocenters. The van der Waals surface area contributed by atoms with Crippen LogP contribution in [-0.4, -0.2) is 29.2 Å². The number of carbonyl (C=O) groups excluding carboxylic acids is 1. The molecule has 6 heteroatoms. The SMILES string of the molecule is CC(C)CC(=O)N(Cc1cccc(F)c1)CC1CC(c2ccccc2Cl)=NO1. The lowest BCUT2D eigenvalue weighted by molar-refractivity contribution is -0.134. The Balaban J connectivity index is 1.69. The molecule has 1 aliphatic heterocycles. The summed E-state index contributed by atoms with van der Waals surface area (Å²) in [5, 5.41) is 4.80. The van der Waals surface area contributed by atoms with E-state index in [1.165, 1.54) is 12.1 Å². The third-order valence-corrected chi connectivity index (χ3v) is 4.87. The van der Waals surface area contributed by atoms with Crippen LogP contribution in [0.15, 0.2) is 53.7 Å². The maximum Gasteiger partial charge on any atom is 0.223 e. The molecule has 0 N–H and O–H groups in total. The van der Waals surface area contributed by atoms with Gasteiger partial charge in [0.2, 0.25) is 5.91 Å². The van der Waals surface area contributed by atoms with Gasteiger partial charge in [-0.1, -0.05) is 60.9 Å². The Morgan fingerprint density at radius 2 is 2.07 bits per heavy atom. The topological polar surface area (TPSA) is 41.9 Å². The lowest BCUT2D eigenvalue weighted by atomic mass is 10.0. The van der Waals surface area contributed by atoms with Gasteiger partial charge in [-0.15, -0.1) is 0 Å².